The monoisotopic (exact) mass is 1960 g/mol. The summed E-state index contributed by atoms with van der Waals surface area (Å²) in [5.74, 6) is 5.36. The molecule has 10 heterocycles. The number of hydrogen-bond donors (Lipinski definition) is 16. The molecule has 0 unspecified atom stereocenters. The van der Waals surface area contributed by atoms with Crippen molar-refractivity contribution in [1.29, 1.82) is 0 Å². The highest BCUT2D eigenvalue weighted by molar-refractivity contribution is 7.60. The summed E-state index contributed by atoms with van der Waals surface area (Å²) in [6.07, 6.45) is 29.8. The number of carbonyl (C=O) groups excluding carboxylic acids is 1. The number of ether oxygens (including phenoxy) is 5. The zero-order chi connectivity index (χ0) is 93.0. The van der Waals surface area contributed by atoms with Crippen molar-refractivity contribution in [2.75, 3.05) is 88.3 Å². The number of rotatable bonds is 49. The van der Waals surface area contributed by atoms with Crippen LogP contribution in [0.3, 0.4) is 0 Å². The third-order valence-electron chi connectivity index (χ3n) is 19.7. The minimum Gasteiger partial charge on any atom is -0.483 e. The van der Waals surface area contributed by atoms with E-state index in [1.807, 2.05) is 98.0 Å². The number of benzene rings is 2. The predicted molar refractivity (Wildman–Crippen MR) is 554 cm³/mol. The summed E-state index contributed by atoms with van der Waals surface area (Å²) in [5, 5.41) is 73.3. The summed E-state index contributed by atoms with van der Waals surface area (Å²) < 4.78 is 31.0. The van der Waals surface area contributed by atoms with E-state index in [0.29, 0.717) is 127 Å². The molecule has 12 aromatic rings. The number of pyridine rings is 4. The lowest BCUT2D eigenvalue weighted by molar-refractivity contribution is 0.0995. The quantitative estimate of drug-likeness (QED) is 0.0168. The van der Waals surface area contributed by atoms with E-state index in [9.17, 15) is 30.3 Å². The molecule has 10 aromatic heterocycles. The number of primary amides is 1. The number of amides is 1. The Morgan fingerprint density at radius 3 is 1.26 bits per heavy atom. The summed E-state index contributed by atoms with van der Waals surface area (Å²) >= 11 is 0. The van der Waals surface area contributed by atoms with Crippen LogP contribution in [0.2, 0.25) is 0 Å². The fraction of sp³-hybridized carbons (Fsp3) is 0.418. The maximum atomic E-state index is 11.2. The summed E-state index contributed by atoms with van der Waals surface area (Å²) in [7, 11) is 0. The lowest BCUT2D eigenvalue weighted by Crippen LogP contribution is -2.22. The van der Waals surface area contributed by atoms with E-state index in [-0.39, 0.29) is 179 Å². The fourth-order valence-corrected chi connectivity index (χ4v) is 13.1. The molecule has 1 amide bonds. The lowest BCUT2D eigenvalue weighted by Gasteiger charge is -2.21. The lowest BCUT2D eigenvalue weighted by atomic mass is 10.1. The average Bonchev–Trinajstić information content (AvgIpc) is 1.53. The summed E-state index contributed by atoms with van der Waals surface area (Å²) in [6.45, 7) is 14.2. The maximum Gasteiger partial charge on any atom is 0.267 e. The molecule has 5 atom stereocenters. The van der Waals surface area contributed by atoms with Gasteiger partial charge in [-0.25, -0.2) is 34.6 Å². The Labute approximate surface area is 823 Å². The van der Waals surface area contributed by atoms with E-state index in [0.717, 1.165) is 110 Å². The van der Waals surface area contributed by atoms with Crippen molar-refractivity contribution in [1.82, 2.24) is 84.8 Å². The van der Waals surface area contributed by atoms with Gasteiger partial charge in [0.1, 0.15) is 44.4 Å². The van der Waals surface area contributed by atoms with Crippen molar-refractivity contribution in [3.63, 3.8) is 0 Å². The Hall–Kier alpha value is -12.1. The molecule has 44 heteroatoms. The largest absolute Gasteiger partial charge is 0.483 e. The number of unbranched alkanes of at least 4 members (excludes halogenated alkanes) is 2. The minimum atomic E-state index is -0.599. The Kier molecular flexibility index (Phi) is 57.5. The highest BCUT2D eigenvalue weighted by Crippen LogP contribution is 2.33. The second-order valence-electron chi connectivity index (χ2n) is 30.0. The van der Waals surface area contributed by atoms with E-state index in [1.54, 1.807) is 60.1 Å². The first-order valence-electron chi connectivity index (χ1n) is 43.8. The molecule has 0 saturated carbocycles. The number of aliphatic hydroxyl groups is 5. The molecule has 135 heavy (non-hydrogen) atoms. The van der Waals surface area contributed by atoms with Gasteiger partial charge in [-0.05, 0) is 137 Å². The highest BCUT2D eigenvalue weighted by atomic mass is 32.1. The predicted octanol–water partition coefficient (Wildman–Crippen LogP) is 12.1. The van der Waals surface area contributed by atoms with Crippen LogP contribution in [-0.4, -0.2) is 179 Å². The van der Waals surface area contributed by atoms with Crippen LogP contribution in [0.4, 0.5) is 58.8 Å². The van der Waals surface area contributed by atoms with Crippen LogP contribution < -0.4 is 84.7 Å². The summed E-state index contributed by atoms with van der Waals surface area (Å²) in [6, 6.07) is 34.6. The molecule has 0 saturated heterocycles. The number of nitrogens with two attached hydrogens (primary N) is 6. The van der Waals surface area contributed by atoms with Crippen LogP contribution in [0.15, 0.2) is 165 Å². The second-order valence-corrected chi connectivity index (χ2v) is 30.0. The highest BCUT2D eigenvalue weighted by Gasteiger charge is 2.22. The van der Waals surface area contributed by atoms with E-state index >= 15 is 0 Å². The SMILES string of the molecule is CCCC[C@@H](CCO)Nc1nc(N)ncc1OCc1cccc(C(N)=O)n1.CCCC[C@@H](CCO)Nc1nc(N)ncc1OCc1ccncc1.CCC[C@@H](CCO)Nc1nc(N)nc(C)c1OCc1nccc2ccccc12.CCC[C@@H](CCO)Nc1nc(N)ncc1OCc1ccccn1.CCC[C@@H](CCO)Nc1nc(N)ncc1OCc1cn(-c2ccccc2)nn1.S.S.S.S.S. The van der Waals surface area contributed by atoms with Crippen LogP contribution >= 0.6 is 67.5 Å². The van der Waals surface area contributed by atoms with Gasteiger partial charge in [0.15, 0.2) is 57.8 Å². The number of carbonyl (C=O) groups is 1. The van der Waals surface area contributed by atoms with Crippen molar-refractivity contribution >= 4 is 143 Å². The van der Waals surface area contributed by atoms with Gasteiger partial charge in [0.05, 0.1) is 59.4 Å². The molecule has 22 N–H and O–H groups in total. The van der Waals surface area contributed by atoms with E-state index in [4.69, 9.17) is 58.1 Å². The number of fused-ring (bicyclic) bond motifs is 1. The van der Waals surface area contributed by atoms with Gasteiger partial charge in [-0.2, -0.15) is 92.4 Å². The Morgan fingerprint density at radius 1 is 0.385 bits per heavy atom. The number of nitrogens with one attached hydrogen (secondary N) is 5. The minimum absolute atomic E-state index is 0. The van der Waals surface area contributed by atoms with Gasteiger partial charge in [0.2, 0.25) is 29.7 Å². The molecule has 0 aliphatic carbocycles. The second kappa shape index (κ2) is 66.3. The first-order valence-corrected chi connectivity index (χ1v) is 43.8. The zero-order valence-electron chi connectivity index (χ0n) is 77.3. The van der Waals surface area contributed by atoms with Crippen LogP contribution in [-0.2, 0) is 33.0 Å². The van der Waals surface area contributed by atoms with Crippen LogP contribution in [0.25, 0.3) is 16.5 Å². The van der Waals surface area contributed by atoms with Crippen molar-refractivity contribution in [2.24, 2.45) is 5.73 Å². The van der Waals surface area contributed by atoms with Crippen LogP contribution in [0, 0.1) is 6.92 Å². The number of para-hydroxylation sites is 1. The molecule has 0 radical (unpaired) electrons. The Bertz CT molecular complexity index is 5250. The number of hydrogen-bond acceptors (Lipinski definition) is 37. The molecule has 0 aliphatic rings. The molecular formula is C91H136N28O11S5. The maximum absolute atomic E-state index is 11.2. The Morgan fingerprint density at radius 2 is 0.807 bits per heavy atom. The number of nitrogen functional groups attached to an aromatic ring is 5. The number of aryl methyl sites for hydroxylation is 1. The molecule has 0 fully saturated rings. The van der Waals surface area contributed by atoms with Gasteiger partial charge in [-0.15, -0.1) is 5.10 Å². The first kappa shape index (κ1) is 117. The number of aromatic nitrogens is 17. The van der Waals surface area contributed by atoms with Crippen LogP contribution in [0.5, 0.6) is 28.7 Å². The normalized spacial score (nSPS) is 11.5. The van der Waals surface area contributed by atoms with Crippen molar-refractivity contribution in [3.8, 4) is 34.4 Å². The van der Waals surface area contributed by atoms with Gasteiger partial charge in [-0.3, -0.25) is 19.7 Å². The third kappa shape index (κ3) is 41.7. The van der Waals surface area contributed by atoms with Gasteiger partial charge in [-0.1, -0.05) is 139 Å². The Balaban J connectivity index is 0.000000431. The van der Waals surface area contributed by atoms with Gasteiger partial charge in [0, 0.05) is 93.4 Å². The van der Waals surface area contributed by atoms with Crippen LogP contribution in [0.1, 0.15) is 188 Å². The van der Waals surface area contributed by atoms with E-state index in [2.05, 4.69) is 147 Å². The van der Waals surface area contributed by atoms with Crippen molar-refractivity contribution in [3.05, 3.63) is 205 Å². The third-order valence-corrected chi connectivity index (χ3v) is 19.7. The van der Waals surface area contributed by atoms with E-state index in [1.165, 1.54) is 12.4 Å². The molecule has 12 rings (SSSR count). The van der Waals surface area contributed by atoms with Gasteiger partial charge in [0.25, 0.3) is 5.91 Å². The molecule has 0 bridgehead atoms. The molecular weight excluding hydrogens is 1820 g/mol. The number of anilines is 10. The molecule has 2 aromatic carbocycles. The number of aliphatic hydroxyl groups excluding tert-OH is 5. The first-order chi connectivity index (χ1) is 63.3. The zero-order valence-corrected chi connectivity index (χ0v) is 82.3. The smallest absolute Gasteiger partial charge is 0.267 e. The molecule has 39 nitrogen and oxygen atoms in total. The number of nitrogens with zero attached hydrogens (tertiary/aromatic N) is 17. The van der Waals surface area contributed by atoms with Gasteiger partial charge >= 0.3 is 0 Å². The van der Waals surface area contributed by atoms with Gasteiger partial charge < -0.3 is 110 Å². The summed E-state index contributed by atoms with van der Waals surface area (Å²) in [4.78, 5) is 69.6. The fourth-order valence-electron chi connectivity index (χ4n) is 13.1. The van der Waals surface area contributed by atoms with E-state index < -0.39 is 5.91 Å². The molecule has 0 aliphatic heterocycles. The average molecular weight is 1960 g/mol. The molecule has 736 valence electrons. The van der Waals surface area contributed by atoms with Crippen molar-refractivity contribution < 1.29 is 54.0 Å². The standard InChI is InChI=1S/C21H27N5O2.C19H25N7O2.C18H26N6O3.C17H25N5O2.C16H23N5O2.5H2S/c1-3-6-16(10-12-27)25-20-19(14(2)24-21(22)26-20)28-13-18-17-8-5-4-7-15(17)9-11-23-18;1-2-6-14(9-10-27)22-18-17(11-21-19(20)23-18)28-13-15-12-26(25-24-15)16-7-4-3-5-8-16;1-2-3-5-12(8-9-25)23-17-15(10-21-18(20)24-17)27-11-13-6-4-7-14(22-13)16(19)26;1-2-3-4-14(7-10-23)21-16-15(11-20-17(18)22-16)24-12-13-5-8-19-9-6-13;1-2-5-12(7-9-22)20-15-14(10-19-16(17)21-15)23-11-13-6-3-4-8-18-13;;;;;/h4-5,7-9,11,16,27H,3,6,10,12-13H2,1-2H3,(H3,22,24,25,26);3-5,7-8,11-12,14,27H,2,6,9-10,13H2,1H3,(H3,20,21,22,23);4,6-7,10,12,25H,2-3,5,8-9,11H2,1H3,(H2,19,26)(H3,20,21,23,24);5-6,8-9,11,14,23H,2-4,7,10,12H2,1H3,(H3,18,20,21,22);3-4,6,8,10,12,22H,2,5,7,9,11H2,1H3,(H3,17,19,20,21);5*1H2/t16-;14-;12-;14-;12-;;;;;/m00000...../s1. The topological polar surface area (TPSA) is 592 Å². The summed E-state index contributed by atoms with van der Waals surface area (Å²) in [5.41, 5.74) is 39.6. The molecule has 0 spiro atoms. The van der Waals surface area contributed by atoms with Crippen molar-refractivity contribution in [2.45, 2.75) is 214 Å².